The van der Waals surface area contributed by atoms with E-state index in [9.17, 15) is 5.11 Å². The van der Waals surface area contributed by atoms with Crippen LogP contribution in [-0.2, 0) is 6.54 Å². The number of benzene rings is 1. The minimum Gasteiger partial charge on any atom is -0.392 e. The average Bonchev–Trinajstić information content (AvgIpc) is 2.87. The molecule has 2 saturated heterocycles. The van der Waals surface area contributed by atoms with Crippen LogP contribution >= 0.6 is 0 Å². The molecule has 2 aromatic rings. The van der Waals surface area contributed by atoms with Crippen LogP contribution in [-0.4, -0.2) is 57.7 Å². The summed E-state index contributed by atoms with van der Waals surface area (Å²) < 4.78 is 0. The van der Waals surface area contributed by atoms with Gasteiger partial charge in [0.15, 0.2) is 0 Å². The molecule has 1 aromatic heterocycles. The number of hydrogen-bond donors (Lipinski definition) is 1. The van der Waals surface area contributed by atoms with Gasteiger partial charge < -0.3 is 5.11 Å². The second kappa shape index (κ2) is 5.61. The molecule has 2 fully saturated rings. The largest absolute Gasteiger partial charge is 0.392 e. The number of nitrogens with zero attached hydrogens (tertiary/aromatic N) is 3. The predicted octanol–water partition coefficient (Wildman–Crippen LogP) is 1.87. The van der Waals surface area contributed by atoms with E-state index < -0.39 is 0 Å². The lowest BCUT2D eigenvalue weighted by molar-refractivity contribution is 0.0531. The van der Waals surface area contributed by atoms with Crippen LogP contribution in [0.2, 0.25) is 0 Å². The SMILES string of the molecule is C[C@@H]1CN2C[C@H](O)C[C@H]2CN1Cc1cccc2cccnc12. The van der Waals surface area contributed by atoms with Crippen LogP contribution in [0.1, 0.15) is 18.9 Å². The summed E-state index contributed by atoms with van der Waals surface area (Å²) >= 11 is 0. The van der Waals surface area contributed by atoms with Gasteiger partial charge in [0.2, 0.25) is 0 Å². The van der Waals surface area contributed by atoms with Gasteiger partial charge >= 0.3 is 0 Å². The Morgan fingerprint density at radius 3 is 2.95 bits per heavy atom. The maximum absolute atomic E-state index is 9.89. The summed E-state index contributed by atoms with van der Waals surface area (Å²) in [5.74, 6) is 0. The summed E-state index contributed by atoms with van der Waals surface area (Å²) in [6.45, 7) is 6.18. The van der Waals surface area contributed by atoms with E-state index in [0.717, 1.165) is 38.1 Å². The third-order valence-electron chi connectivity index (χ3n) is 5.16. The Balaban J connectivity index is 1.57. The molecule has 3 heterocycles. The second-order valence-corrected chi connectivity index (χ2v) is 6.77. The third kappa shape index (κ3) is 2.51. The number of rotatable bonds is 2. The lowest BCUT2D eigenvalue weighted by Crippen LogP contribution is -2.54. The Morgan fingerprint density at radius 1 is 1.18 bits per heavy atom. The van der Waals surface area contributed by atoms with Crippen molar-refractivity contribution in [1.29, 1.82) is 0 Å². The number of fused-ring (bicyclic) bond motifs is 2. The Bertz CT molecular complexity index is 669. The molecule has 2 aliphatic heterocycles. The van der Waals surface area contributed by atoms with Gasteiger partial charge in [-0.3, -0.25) is 14.8 Å². The van der Waals surface area contributed by atoms with Crippen molar-refractivity contribution in [3.05, 3.63) is 42.1 Å². The van der Waals surface area contributed by atoms with Crippen LogP contribution in [0.25, 0.3) is 10.9 Å². The molecular formula is C18H23N3O. The molecule has 0 spiro atoms. The lowest BCUT2D eigenvalue weighted by atomic mass is 10.0. The highest BCUT2D eigenvalue weighted by Crippen LogP contribution is 2.27. The molecule has 4 nitrogen and oxygen atoms in total. The van der Waals surface area contributed by atoms with Crippen molar-refractivity contribution >= 4 is 10.9 Å². The van der Waals surface area contributed by atoms with Crippen molar-refractivity contribution in [2.24, 2.45) is 0 Å². The molecule has 22 heavy (non-hydrogen) atoms. The molecule has 116 valence electrons. The van der Waals surface area contributed by atoms with Crippen molar-refractivity contribution < 1.29 is 5.11 Å². The first-order chi connectivity index (χ1) is 10.7. The van der Waals surface area contributed by atoms with Gasteiger partial charge in [0, 0.05) is 49.8 Å². The van der Waals surface area contributed by atoms with Crippen LogP contribution in [0.5, 0.6) is 0 Å². The topological polar surface area (TPSA) is 39.6 Å². The van der Waals surface area contributed by atoms with Gasteiger partial charge in [-0.25, -0.2) is 0 Å². The molecule has 1 aromatic carbocycles. The number of hydrogen-bond acceptors (Lipinski definition) is 4. The van der Waals surface area contributed by atoms with E-state index in [1.807, 2.05) is 12.3 Å². The maximum Gasteiger partial charge on any atom is 0.0746 e. The van der Waals surface area contributed by atoms with Gasteiger partial charge in [0.1, 0.15) is 0 Å². The van der Waals surface area contributed by atoms with Gasteiger partial charge in [0.05, 0.1) is 11.6 Å². The van der Waals surface area contributed by atoms with Crippen LogP contribution in [0.3, 0.4) is 0 Å². The van der Waals surface area contributed by atoms with Crippen molar-refractivity contribution in [2.75, 3.05) is 19.6 Å². The second-order valence-electron chi connectivity index (χ2n) is 6.77. The highest BCUT2D eigenvalue weighted by Gasteiger charge is 2.38. The van der Waals surface area contributed by atoms with Gasteiger partial charge in [-0.05, 0) is 25.0 Å². The first-order valence-electron chi connectivity index (χ1n) is 8.19. The van der Waals surface area contributed by atoms with Crippen LogP contribution in [0, 0.1) is 0 Å². The molecule has 0 aliphatic carbocycles. The number of aromatic nitrogens is 1. The molecule has 0 unspecified atom stereocenters. The molecule has 2 aliphatic rings. The van der Waals surface area contributed by atoms with E-state index in [1.165, 1.54) is 10.9 Å². The first-order valence-corrected chi connectivity index (χ1v) is 8.19. The molecule has 4 heteroatoms. The molecule has 0 radical (unpaired) electrons. The fourth-order valence-electron chi connectivity index (χ4n) is 4.01. The summed E-state index contributed by atoms with van der Waals surface area (Å²) in [7, 11) is 0. The van der Waals surface area contributed by atoms with E-state index in [1.54, 1.807) is 0 Å². The van der Waals surface area contributed by atoms with E-state index in [0.29, 0.717) is 12.1 Å². The Kier molecular flexibility index (Phi) is 3.60. The Hall–Kier alpha value is -1.49. The van der Waals surface area contributed by atoms with Crippen molar-refractivity contribution in [3.8, 4) is 0 Å². The van der Waals surface area contributed by atoms with E-state index in [-0.39, 0.29) is 6.10 Å². The number of para-hydroxylation sites is 1. The van der Waals surface area contributed by atoms with Gasteiger partial charge in [-0.1, -0.05) is 24.3 Å². The zero-order chi connectivity index (χ0) is 15.1. The summed E-state index contributed by atoms with van der Waals surface area (Å²) in [6, 6.07) is 11.6. The fraction of sp³-hybridized carbons (Fsp3) is 0.500. The normalized spacial score (nSPS) is 29.8. The van der Waals surface area contributed by atoms with E-state index in [4.69, 9.17) is 0 Å². The zero-order valence-electron chi connectivity index (χ0n) is 13.0. The smallest absolute Gasteiger partial charge is 0.0746 e. The standard InChI is InChI=1S/C18H23N3O/c1-13-9-21-12-17(22)8-16(21)11-20(13)10-15-5-2-4-14-6-3-7-19-18(14)15/h2-7,13,16-17,22H,8-12H2,1H3/t13-,16+,17-/m1/s1. The fourth-order valence-corrected chi connectivity index (χ4v) is 4.01. The van der Waals surface area contributed by atoms with Crippen LogP contribution in [0.4, 0.5) is 0 Å². The molecular weight excluding hydrogens is 274 g/mol. The van der Waals surface area contributed by atoms with Gasteiger partial charge in [0.25, 0.3) is 0 Å². The number of piperazine rings is 1. The minimum atomic E-state index is -0.142. The zero-order valence-corrected chi connectivity index (χ0v) is 13.0. The monoisotopic (exact) mass is 297 g/mol. The summed E-state index contributed by atoms with van der Waals surface area (Å²) in [5, 5.41) is 11.1. The number of pyridine rings is 1. The quantitative estimate of drug-likeness (QED) is 0.919. The molecule has 4 rings (SSSR count). The molecule has 0 amide bonds. The highest BCUT2D eigenvalue weighted by molar-refractivity contribution is 5.81. The van der Waals surface area contributed by atoms with Gasteiger partial charge in [-0.2, -0.15) is 0 Å². The molecule has 0 saturated carbocycles. The van der Waals surface area contributed by atoms with Crippen molar-refractivity contribution in [3.63, 3.8) is 0 Å². The van der Waals surface area contributed by atoms with E-state index >= 15 is 0 Å². The van der Waals surface area contributed by atoms with Crippen molar-refractivity contribution in [1.82, 2.24) is 14.8 Å². The summed E-state index contributed by atoms with van der Waals surface area (Å²) in [5.41, 5.74) is 2.42. The van der Waals surface area contributed by atoms with Crippen molar-refractivity contribution in [2.45, 2.75) is 38.1 Å². The molecule has 3 atom stereocenters. The average molecular weight is 297 g/mol. The molecule has 0 bridgehead atoms. The van der Waals surface area contributed by atoms with E-state index in [2.05, 4.69) is 46.0 Å². The Morgan fingerprint density at radius 2 is 2.05 bits per heavy atom. The summed E-state index contributed by atoms with van der Waals surface area (Å²) in [4.78, 5) is 9.57. The molecule has 1 N–H and O–H groups in total. The number of aliphatic hydroxyl groups is 1. The predicted molar refractivity (Wildman–Crippen MR) is 87.6 cm³/mol. The van der Waals surface area contributed by atoms with Crippen LogP contribution < -0.4 is 0 Å². The Labute approximate surface area is 131 Å². The number of aliphatic hydroxyl groups excluding tert-OH is 1. The third-order valence-corrected chi connectivity index (χ3v) is 5.16. The maximum atomic E-state index is 9.89. The minimum absolute atomic E-state index is 0.142. The highest BCUT2D eigenvalue weighted by atomic mass is 16.3. The van der Waals surface area contributed by atoms with Gasteiger partial charge in [-0.15, -0.1) is 0 Å². The summed E-state index contributed by atoms with van der Waals surface area (Å²) in [6.07, 6.45) is 2.65. The van der Waals surface area contributed by atoms with Crippen LogP contribution in [0.15, 0.2) is 36.5 Å². The lowest BCUT2D eigenvalue weighted by Gasteiger charge is -2.42. The first kappa shape index (κ1) is 14.1.